The summed E-state index contributed by atoms with van der Waals surface area (Å²) in [6.07, 6.45) is 10.3. The minimum absolute atomic E-state index is 0.266. The molecule has 1 heterocycles. The maximum atomic E-state index is 11.5. The van der Waals surface area contributed by atoms with E-state index in [4.69, 9.17) is 0 Å². The monoisotopic (exact) mass is 193 g/mol. The van der Waals surface area contributed by atoms with E-state index < -0.39 is 0 Å². The highest BCUT2D eigenvalue weighted by molar-refractivity contribution is 5.95. The number of nitrogens with one attached hydrogen (secondary N) is 1. The summed E-state index contributed by atoms with van der Waals surface area (Å²) in [7, 11) is 0. The molecule has 0 fully saturated rings. The standard InChI is InChI=1S/C12H19NO/c1-2-3-4-5-6-7-12(14)11-8-9-13-10-11/h8-10,13H,2-7H2,1H3. The van der Waals surface area contributed by atoms with E-state index in [0.717, 1.165) is 12.0 Å². The summed E-state index contributed by atoms with van der Waals surface area (Å²) < 4.78 is 0. The average molecular weight is 193 g/mol. The van der Waals surface area contributed by atoms with Crippen molar-refractivity contribution in [3.63, 3.8) is 0 Å². The second-order valence-electron chi connectivity index (χ2n) is 3.69. The molecule has 0 saturated carbocycles. The lowest BCUT2D eigenvalue weighted by atomic mass is 10.1. The molecule has 0 aliphatic rings. The molecule has 0 unspecified atom stereocenters. The van der Waals surface area contributed by atoms with Crippen LogP contribution in [0.4, 0.5) is 0 Å². The van der Waals surface area contributed by atoms with Gasteiger partial charge in [0.2, 0.25) is 0 Å². The molecular formula is C12H19NO. The molecule has 0 aliphatic heterocycles. The van der Waals surface area contributed by atoms with Crippen LogP contribution in [-0.4, -0.2) is 10.8 Å². The van der Waals surface area contributed by atoms with Gasteiger partial charge in [-0.05, 0) is 12.5 Å². The summed E-state index contributed by atoms with van der Waals surface area (Å²) in [5.74, 6) is 0.266. The second-order valence-corrected chi connectivity index (χ2v) is 3.69. The summed E-state index contributed by atoms with van der Waals surface area (Å²) in [6.45, 7) is 2.20. The molecule has 2 heteroatoms. The van der Waals surface area contributed by atoms with Crippen LogP contribution in [0.2, 0.25) is 0 Å². The minimum Gasteiger partial charge on any atom is -0.367 e. The Morgan fingerprint density at radius 2 is 2.07 bits per heavy atom. The predicted molar refractivity (Wildman–Crippen MR) is 58.5 cm³/mol. The fourth-order valence-electron chi connectivity index (χ4n) is 1.53. The highest BCUT2D eigenvalue weighted by atomic mass is 16.1. The number of ketones is 1. The van der Waals surface area contributed by atoms with E-state index in [-0.39, 0.29) is 5.78 Å². The number of aromatic amines is 1. The normalized spacial score (nSPS) is 10.4. The molecule has 0 bridgehead atoms. The van der Waals surface area contributed by atoms with Gasteiger partial charge in [-0.25, -0.2) is 0 Å². The molecule has 78 valence electrons. The summed E-state index contributed by atoms with van der Waals surface area (Å²) in [4.78, 5) is 14.4. The third-order valence-corrected chi connectivity index (χ3v) is 2.43. The maximum absolute atomic E-state index is 11.5. The topological polar surface area (TPSA) is 32.9 Å². The van der Waals surface area contributed by atoms with Gasteiger partial charge >= 0.3 is 0 Å². The summed E-state index contributed by atoms with van der Waals surface area (Å²) in [5.41, 5.74) is 0.820. The van der Waals surface area contributed by atoms with Gasteiger partial charge in [0.25, 0.3) is 0 Å². The van der Waals surface area contributed by atoms with Crippen molar-refractivity contribution in [3.8, 4) is 0 Å². The molecule has 1 N–H and O–H groups in total. The molecule has 1 rings (SSSR count). The SMILES string of the molecule is CCCCCCCC(=O)c1cc[nH]c1. The lowest BCUT2D eigenvalue weighted by Crippen LogP contribution is -1.96. The lowest BCUT2D eigenvalue weighted by molar-refractivity contribution is 0.0979. The van der Waals surface area contributed by atoms with E-state index in [1.807, 2.05) is 6.07 Å². The molecule has 2 nitrogen and oxygen atoms in total. The third kappa shape index (κ3) is 3.77. The number of unbranched alkanes of at least 4 members (excludes halogenated alkanes) is 4. The molecular weight excluding hydrogens is 174 g/mol. The summed E-state index contributed by atoms with van der Waals surface area (Å²) in [6, 6.07) is 1.84. The zero-order valence-corrected chi connectivity index (χ0v) is 8.88. The van der Waals surface area contributed by atoms with Crippen LogP contribution in [0.25, 0.3) is 0 Å². The van der Waals surface area contributed by atoms with Crippen molar-refractivity contribution >= 4 is 5.78 Å². The van der Waals surface area contributed by atoms with Gasteiger partial charge in [-0.1, -0.05) is 32.6 Å². The van der Waals surface area contributed by atoms with E-state index in [1.54, 1.807) is 12.4 Å². The molecule has 14 heavy (non-hydrogen) atoms. The predicted octanol–water partition coefficient (Wildman–Crippen LogP) is 3.56. The van der Waals surface area contributed by atoms with Gasteiger partial charge in [-0.15, -0.1) is 0 Å². The van der Waals surface area contributed by atoms with Gasteiger partial charge in [0.05, 0.1) is 0 Å². The third-order valence-electron chi connectivity index (χ3n) is 2.43. The average Bonchev–Trinajstić information content (AvgIpc) is 2.70. The maximum Gasteiger partial charge on any atom is 0.164 e. The molecule has 0 radical (unpaired) electrons. The zero-order valence-electron chi connectivity index (χ0n) is 8.88. The first-order valence-electron chi connectivity index (χ1n) is 5.50. The number of carbonyl (C=O) groups is 1. The Hall–Kier alpha value is -1.05. The molecule has 0 spiro atoms. The second kappa shape index (κ2) is 6.41. The Kier molecular flexibility index (Phi) is 5.05. The van der Waals surface area contributed by atoms with Crippen LogP contribution in [0.3, 0.4) is 0 Å². The molecule has 0 amide bonds. The van der Waals surface area contributed by atoms with Crippen LogP contribution in [-0.2, 0) is 0 Å². The van der Waals surface area contributed by atoms with Crippen molar-refractivity contribution in [2.24, 2.45) is 0 Å². The van der Waals surface area contributed by atoms with Crippen molar-refractivity contribution in [2.75, 3.05) is 0 Å². The van der Waals surface area contributed by atoms with Crippen molar-refractivity contribution < 1.29 is 4.79 Å². The molecule has 0 atom stereocenters. The Balaban J connectivity index is 2.10. The van der Waals surface area contributed by atoms with Gasteiger partial charge in [0, 0.05) is 24.4 Å². The van der Waals surface area contributed by atoms with Gasteiger partial charge in [0.15, 0.2) is 5.78 Å². The highest BCUT2D eigenvalue weighted by Gasteiger charge is 2.04. The minimum atomic E-state index is 0.266. The number of aromatic nitrogens is 1. The van der Waals surface area contributed by atoms with E-state index >= 15 is 0 Å². The zero-order chi connectivity index (χ0) is 10.2. The van der Waals surface area contributed by atoms with E-state index in [9.17, 15) is 4.79 Å². The molecule has 0 aliphatic carbocycles. The van der Waals surface area contributed by atoms with Crippen molar-refractivity contribution in [1.82, 2.24) is 4.98 Å². The van der Waals surface area contributed by atoms with Gasteiger partial charge in [-0.2, -0.15) is 0 Å². The van der Waals surface area contributed by atoms with Crippen LogP contribution < -0.4 is 0 Å². The van der Waals surface area contributed by atoms with Gasteiger partial charge < -0.3 is 4.98 Å². The van der Waals surface area contributed by atoms with E-state index in [0.29, 0.717) is 6.42 Å². The van der Waals surface area contributed by atoms with Crippen LogP contribution >= 0.6 is 0 Å². The Bertz CT molecular complexity index is 251. The highest BCUT2D eigenvalue weighted by Crippen LogP contribution is 2.09. The van der Waals surface area contributed by atoms with Crippen molar-refractivity contribution in [1.29, 1.82) is 0 Å². The van der Waals surface area contributed by atoms with Crippen molar-refractivity contribution in [2.45, 2.75) is 45.4 Å². The number of hydrogen-bond donors (Lipinski definition) is 1. The van der Waals surface area contributed by atoms with Crippen LogP contribution in [0.1, 0.15) is 55.8 Å². The number of H-pyrrole nitrogens is 1. The number of Topliss-reactive ketones (excluding diaryl/α,β-unsaturated/α-hetero) is 1. The Morgan fingerprint density at radius 1 is 1.29 bits per heavy atom. The first kappa shape index (κ1) is 11.0. The Labute approximate surface area is 85.7 Å². The molecule has 1 aromatic heterocycles. The number of rotatable bonds is 7. The van der Waals surface area contributed by atoms with E-state index in [2.05, 4.69) is 11.9 Å². The summed E-state index contributed by atoms with van der Waals surface area (Å²) >= 11 is 0. The van der Waals surface area contributed by atoms with Crippen LogP contribution in [0.15, 0.2) is 18.5 Å². The van der Waals surface area contributed by atoms with Gasteiger partial charge in [0.1, 0.15) is 0 Å². The van der Waals surface area contributed by atoms with Gasteiger partial charge in [-0.3, -0.25) is 4.79 Å². The molecule has 1 aromatic rings. The fourth-order valence-corrected chi connectivity index (χ4v) is 1.53. The quantitative estimate of drug-likeness (QED) is 0.521. The van der Waals surface area contributed by atoms with Crippen LogP contribution in [0, 0.1) is 0 Å². The van der Waals surface area contributed by atoms with E-state index in [1.165, 1.54) is 25.7 Å². The first-order chi connectivity index (χ1) is 6.84. The summed E-state index contributed by atoms with van der Waals surface area (Å²) in [5, 5.41) is 0. The Morgan fingerprint density at radius 3 is 2.71 bits per heavy atom. The number of hydrogen-bond acceptors (Lipinski definition) is 1. The lowest BCUT2D eigenvalue weighted by Gasteiger charge is -1.98. The van der Waals surface area contributed by atoms with Crippen LogP contribution in [0.5, 0.6) is 0 Å². The number of carbonyl (C=O) groups excluding carboxylic acids is 1. The molecule has 0 saturated heterocycles. The fraction of sp³-hybridized carbons (Fsp3) is 0.583. The largest absolute Gasteiger partial charge is 0.367 e. The first-order valence-corrected chi connectivity index (χ1v) is 5.50. The molecule has 0 aromatic carbocycles. The smallest absolute Gasteiger partial charge is 0.164 e. The van der Waals surface area contributed by atoms with Crippen molar-refractivity contribution in [3.05, 3.63) is 24.0 Å².